The average Bonchev–Trinajstić information content (AvgIpc) is 3.05. The number of pyridine rings is 1. The Bertz CT molecular complexity index is 796. The van der Waals surface area contributed by atoms with Gasteiger partial charge in [-0.2, -0.15) is 0 Å². The Hall–Kier alpha value is -3.22. The van der Waals surface area contributed by atoms with E-state index in [9.17, 15) is 0 Å². The number of nitrogens with two attached hydrogens (primary N) is 2. The molecule has 0 saturated heterocycles. The number of benzene rings is 1. The van der Waals surface area contributed by atoms with Crippen molar-refractivity contribution in [3.63, 3.8) is 0 Å². The van der Waals surface area contributed by atoms with Crippen molar-refractivity contribution in [1.29, 1.82) is 0 Å². The summed E-state index contributed by atoms with van der Waals surface area (Å²) in [5.41, 5.74) is 14.7. The van der Waals surface area contributed by atoms with Crippen molar-refractivity contribution in [2.45, 2.75) is 0 Å². The van der Waals surface area contributed by atoms with Crippen molar-refractivity contribution < 1.29 is 4.42 Å². The highest BCUT2D eigenvalue weighted by atomic mass is 16.3. The third-order valence-electron chi connectivity index (χ3n) is 3.37. The van der Waals surface area contributed by atoms with Gasteiger partial charge >= 0.3 is 0 Å². The van der Waals surface area contributed by atoms with Crippen LogP contribution in [0.4, 0.5) is 28.7 Å². The number of nitrogens with one attached hydrogen (secondary N) is 1. The highest BCUT2D eigenvalue weighted by Crippen LogP contribution is 2.30. The fourth-order valence-electron chi connectivity index (χ4n) is 2.19. The maximum atomic E-state index is 5.95. The van der Waals surface area contributed by atoms with Crippen molar-refractivity contribution in [2.24, 2.45) is 0 Å². The van der Waals surface area contributed by atoms with E-state index < -0.39 is 0 Å². The minimum absolute atomic E-state index is 0.473. The molecule has 0 atom stereocenters. The number of nitrogens with zero attached hydrogens (tertiary/aromatic N) is 3. The lowest BCUT2D eigenvalue weighted by atomic mass is 10.1. The van der Waals surface area contributed by atoms with E-state index in [-0.39, 0.29) is 0 Å². The normalized spacial score (nSPS) is 10.5. The summed E-state index contributed by atoms with van der Waals surface area (Å²) in [5.74, 6) is 1.99. The van der Waals surface area contributed by atoms with Gasteiger partial charge in [0.15, 0.2) is 18.0 Å². The zero-order valence-corrected chi connectivity index (χ0v) is 12.9. The zero-order chi connectivity index (χ0) is 16.4. The smallest absolute Gasteiger partial charge is 0.181 e. The van der Waals surface area contributed by atoms with E-state index in [4.69, 9.17) is 15.9 Å². The van der Waals surface area contributed by atoms with Crippen LogP contribution in [0.15, 0.2) is 47.3 Å². The molecular formula is C16H18N6O. The molecule has 7 nitrogen and oxygen atoms in total. The number of hydrogen-bond acceptors (Lipinski definition) is 7. The summed E-state index contributed by atoms with van der Waals surface area (Å²) in [5, 5.41) is 3.22. The molecule has 2 aromatic heterocycles. The van der Waals surface area contributed by atoms with Crippen LogP contribution in [0.2, 0.25) is 0 Å². The maximum Gasteiger partial charge on any atom is 0.181 e. The van der Waals surface area contributed by atoms with Gasteiger partial charge in [-0.1, -0.05) is 0 Å². The van der Waals surface area contributed by atoms with Gasteiger partial charge < -0.3 is 26.1 Å². The molecule has 0 unspecified atom stereocenters. The predicted octanol–water partition coefficient (Wildman–Crippen LogP) is 2.71. The third kappa shape index (κ3) is 3.03. The molecule has 3 aromatic rings. The fourth-order valence-corrected chi connectivity index (χ4v) is 2.19. The van der Waals surface area contributed by atoms with Crippen LogP contribution in [0.3, 0.4) is 0 Å². The molecule has 0 aliphatic heterocycles. The number of anilines is 5. The number of aromatic nitrogens is 2. The second kappa shape index (κ2) is 5.88. The van der Waals surface area contributed by atoms with Gasteiger partial charge in [-0.25, -0.2) is 9.97 Å². The van der Waals surface area contributed by atoms with Gasteiger partial charge in [-0.15, -0.1) is 0 Å². The van der Waals surface area contributed by atoms with Crippen molar-refractivity contribution >= 4 is 28.7 Å². The van der Waals surface area contributed by atoms with Crippen LogP contribution < -0.4 is 21.7 Å². The standard InChI is InChI=1S/C16H18N6O/c1-22(2)16-15(18)12(17)7-14(21-16)20-11-5-3-10(4-6-11)13-8-19-9-23-13/h3-9H,18H2,1-2H3,(H3,17,20,21). The van der Waals surface area contributed by atoms with E-state index in [0.717, 1.165) is 17.0 Å². The molecule has 3 rings (SSSR count). The molecule has 0 fully saturated rings. The van der Waals surface area contributed by atoms with Crippen molar-refractivity contribution in [1.82, 2.24) is 9.97 Å². The lowest BCUT2D eigenvalue weighted by Crippen LogP contribution is -2.15. The van der Waals surface area contributed by atoms with Crippen LogP contribution in [-0.4, -0.2) is 24.1 Å². The van der Waals surface area contributed by atoms with Gasteiger partial charge in [0.05, 0.1) is 17.6 Å². The van der Waals surface area contributed by atoms with Crippen molar-refractivity contribution in [3.05, 3.63) is 42.9 Å². The first-order chi connectivity index (χ1) is 11.0. The molecule has 0 saturated carbocycles. The first-order valence-electron chi connectivity index (χ1n) is 7.04. The molecule has 5 N–H and O–H groups in total. The van der Waals surface area contributed by atoms with Gasteiger partial charge in [-0.3, -0.25) is 0 Å². The summed E-state index contributed by atoms with van der Waals surface area (Å²) >= 11 is 0. The Morgan fingerprint density at radius 1 is 1.13 bits per heavy atom. The summed E-state index contributed by atoms with van der Waals surface area (Å²) in [4.78, 5) is 10.2. The summed E-state index contributed by atoms with van der Waals surface area (Å²) in [6, 6.07) is 9.46. The summed E-state index contributed by atoms with van der Waals surface area (Å²) in [6.07, 6.45) is 3.08. The number of rotatable bonds is 4. The molecule has 0 radical (unpaired) electrons. The minimum Gasteiger partial charge on any atom is -0.444 e. The van der Waals surface area contributed by atoms with Gasteiger partial charge in [-0.05, 0) is 24.3 Å². The predicted molar refractivity (Wildman–Crippen MR) is 92.6 cm³/mol. The summed E-state index contributed by atoms with van der Waals surface area (Å²) < 4.78 is 5.27. The summed E-state index contributed by atoms with van der Waals surface area (Å²) in [7, 11) is 3.74. The molecule has 0 spiro atoms. The second-order valence-corrected chi connectivity index (χ2v) is 5.30. The highest BCUT2D eigenvalue weighted by molar-refractivity contribution is 5.80. The van der Waals surface area contributed by atoms with E-state index in [1.54, 1.807) is 12.3 Å². The molecular weight excluding hydrogens is 292 g/mol. The molecule has 0 bridgehead atoms. The molecule has 1 aromatic carbocycles. The van der Waals surface area contributed by atoms with Crippen LogP contribution in [0, 0.1) is 0 Å². The molecule has 2 heterocycles. The molecule has 0 aliphatic rings. The minimum atomic E-state index is 0.473. The van der Waals surface area contributed by atoms with Crippen LogP contribution in [0.5, 0.6) is 0 Å². The van der Waals surface area contributed by atoms with Gasteiger partial charge in [0.2, 0.25) is 0 Å². The zero-order valence-electron chi connectivity index (χ0n) is 12.9. The number of hydrogen-bond donors (Lipinski definition) is 3. The molecule has 0 amide bonds. The largest absolute Gasteiger partial charge is 0.444 e. The van der Waals surface area contributed by atoms with Crippen molar-refractivity contribution in [2.75, 3.05) is 35.8 Å². The number of nitrogen functional groups attached to an aromatic ring is 2. The Morgan fingerprint density at radius 2 is 1.87 bits per heavy atom. The van der Waals surface area contributed by atoms with Gasteiger partial charge in [0.1, 0.15) is 5.82 Å². The number of oxazole rings is 1. The lowest BCUT2D eigenvalue weighted by molar-refractivity contribution is 0.572. The second-order valence-electron chi connectivity index (χ2n) is 5.30. The van der Waals surface area contributed by atoms with E-state index in [0.29, 0.717) is 23.0 Å². The molecule has 118 valence electrons. The van der Waals surface area contributed by atoms with Crippen LogP contribution in [0.1, 0.15) is 0 Å². The van der Waals surface area contributed by atoms with Crippen molar-refractivity contribution in [3.8, 4) is 11.3 Å². The highest BCUT2D eigenvalue weighted by Gasteiger charge is 2.10. The Balaban J connectivity index is 1.85. The first-order valence-corrected chi connectivity index (χ1v) is 7.04. The average molecular weight is 310 g/mol. The Kier molecular flexibility index (Phi) is 3.76. The lowest BCUT2D eigenvalue weighted by Gasteiger charge is -2.17. The monoisotopic (exact) mass is 310 g/mol. The molecule has 7 heteroatoms. The fraction of sp³-hybridized carbons (Fsp3) is 0.125. The van der Waals surface area contributed by atoms with E-state index in [2.05, 4.69) is 15.3 Å². The molecule has 23 heavy (non-hydrogen) atoms. The third-order valence-corrected chi connectivity index (χ3v) is 3.37. The SMILES string of the molecule is CN(C)c1nc(Nc2ccc(-c3cnco3)cc2)cc(N)c1N. The van der Waals surface area contributed by atoms with E-state index >= 15 is 0 Å². The Morgan fingerprint density at radius 3 is 2.48 bits per heavy atom. The topological polar surface area (TPSA) is 106 Å². The van der Waals surface area contributed by atoms with Crippen LogP contribution in [0.25, 0.3) is 11.3 Å². The van der Waals surface area contributed by atoms with E-state index in [1.165, 1.54) is 6.39 Å². The quantitative estimate of drug-likeness (QED) is 0.680. The van der Waals surface area contributed by atoms with Gasteiger partial charge in [0, 0.05) is 31.4 Å². The molecule has 0 aliphatic carbocycles. The van der Waals surface area contributed by atoms with E-state index in [1.807, 2.05) is 43.3 Å². The van der Waals surface area contributed by atoms with Crippen LogP contribution in [-0.2, 0) is 0 Å². The maximum absolute atomic E-state index is 5.95. The van der Waals surface area contributed by atoms with Crippen LogP contribution >= 0.6 is 0 Å². The summed E-state index contributed by atoms with van der Waals surface area (Å²) in [6.45, 7) is 0. The first kappa shape index (κ1) is 14.7. The van der Waals surface area contributed by atoms with Gasteiger partial charge in [0.25, 0.3) is 0 Å². The Labute approximate surface area is 133 Å².